The van der Waals surface area contributed by atoms with Crippen LogP contribution in [0.1, 0.15) is 21.5 Å². The number of hydrogen-bond acceptors (Lipinski definition) is 2. The Hall–Kier alpha value is -2.40. The van der Waals surface area contributed by atoms with Gasteiger partial charge in [-0.15, -0.1) is 0 Å². The molecule has 0 radical (unpaired) electrons. The number of benzene rings is 3. The topological polar surface area (TPSA) is 32.3 Å². The summed E-state index contributed by atoms with van der Waals surface area (Å²) in [6.45, 7) is 3.57. The van der Waals surface area contributed by atoms with Crippen molar-refractivity contribution in [3.8, 4) is 11.1 Å². The largest absolute Gasteiger partial charge is 0.352 e. The Bertz CT molecular complexity index is 1070. The van der Waals surface area contributed by atoms with Crippen LogP contribution in [0.3, 0.4) is 0 Å². The molecule has 0 fully saturated rings. The van der Waals surface area contributed by atoms with E-state index < -0.39 is 0 Å². The van der Waals surface area contributed by atoms with Gasteiger partial charge in [0.1, 0.15) is 0 Å². The molecular formula is C26H24BrClN2O. The minimum Gasteiger partial charge on any atom is -0.352 e. The van der Waals surface area contributed by atoms with Crippen molar-refractivity contribution in [1.29, 1.82) is 0 Å². The van der Waals surface area contributed by atoms with Gasteiger partial charge in [0, 0.05) is 41.2 Å². The molecular weight excluding hydrogens is 472 g/mol. The van der Waals surface area contributed by atoms with Crippen LogP contribution in [-0.2, 0) is 13.0 Å². The van der Waals surface area contributed by atoms with Gasteiger partial charge in [-0.05, 0) is 59.0 Å². The highest BCUT2D eigenvalue weighted by Gasteiger charge is 2.10. The molecule has 1 amide bonds. The number of nitrogens with one attached hydrogen (secondary N) is 1. The Balaban J connectivity index is 1.28. The van der Waals surface area contributed by atoms with Crippen molar-refractivity contribution in [2.45, 2.75) is 13.0 Å². The van der Waals surface area contributed by atoms with Gasteiger partial charge in [-0.3, -0.25) is 9.69 Å². The molecule has 3 aromatic carbocycles. The summed E-state index contributed by atoms with van der Waals surface area (Å²) in [5.41, 5.74) is 5.29. The molecule has 5 heteroatoms. The number of nitrogens with zero attached hydrogens (tertiary/aromatic N) is 1. The maximum atomic E-state index is 12.5. The van der Waals surface area contributed by atoms with Crippen molar-refractivity contribution in [3.63, 3.8) is 0 Å². The van der Waals surface area contributed by atoms with Crippen molar-refractivity contribution in [2.75, 3.05) is 19.6 Å². The molecule has 0 atom stereocenters. The van der Waals surface area contributed by atoms with Gasteiger partial charge in [0.2, 0.25) is 0 Å². The fourth-order valence-corrected chi connectivity index (χ4v) is 4.32. The monoisotopic (exact) mass is 494 g/mol. The summed E-state index contributed by atoms with van der Waals surface area (Å²) in [6.07, 6.45) is 5.20. The average Bonchev–Trinajstić information content (AvgIpc) is 3.29. The second-order valence-electron chi connectivity index (χ2n) is 7.68. The summed E-state index contributed by atoms with van der Waals surface area (Å²) < 4.78 is 1.13. The van der Waals surface area contributed by atoms with E-state index in [2.05, 4.69) is 56.5 Å². The Morgan fingerprint density at radius 2 is 1.58 bits per heavy atom. The van der Waals surface area contributed by atoms with Crippen molar-refractivity contribution in [2.24, 2.45) is 0 Å². The molecule has 0 aliphatic carbocycles. The van der Waals surface area contributed by atoms with Crippen LogP contribution in [-0.4, -0.2) is 30.4 Å². The van der Waals surface area contributed by atoms with Gasteiger partial charge in [-0.2, -0.15) is 0 Å². The van der Waals surface area contributed by atoms with E-state index in [1.165, 1.54) is 11.1 Å². The molecule has 0 bridgehead atoms. The molecule has 31 heavy (non-hydrogen) atoms. The number of hydrogen-bond donors (Lipinski definition) is 1. The van der Waals surface area contributed by atoms with E-state index in [1.807, 2.05) is 48.5 Å². The molecule has 0 spiro atoms. The zero-order valence-corrected chi connectivity index (χ0v) is 19.5. The van der Waals surface area contributed by atoms with Crippen molar-refractivity contribution in [3.05, 3.63) is 105 Å². The first-order chi connectivity index (χ1) is 15.1. The first kappa shape index (κ1) is 21.8. The highest BCUT2D eigenvalue weighted by Crippen LogP contribution is 2.23. The summed E-state index contributed by atoms with van der Waals surface area (Å²) in [5, 5.41) is 3.73. The summed E-state index contributed by atoms with van der Waals surface area (Å²) >= 11 is 9.65. The zero-order chi connectivity index (χ0) is 21.6. The summed E-state index contributed by atoms with van der Waals surface area (Å²) in [7, 11) is 0. The van der Waals surface area contributed by atoms with E-state index in [1.54, 1.807) is 0 Å². The van der Waals surface area contributed by atoms with Crippen LogP contribution in [0.25, 0.3) is 11.1 Å². The summed E-state index contributed by atoms with van der Waals surface area (Å²) in [4.78, 5) is 14.9. The second-order valence-corrected chi connectivity index (χ2v) is 8.97. The van der Waals surface area contributed by atoms with Crippen LogP contribution in [0.2, 0.25) is 5.02 Å². The number of halogens is 2. The molecule has 4 rings (SSSR count). The first-order valence-electron chi connectivity index (χ1n) is 10.4. The fourth-order valence-electron chi connectivity index (χ4n) is 3.65. The third-order valence-corrected chi connectivity index (χ3v) is 6.42. The van der Waals surface area contributed by atoms with Crippen LogP contribution in [0.4, 0.5) is 0 Å². The molecule has 3 nitrogen and oxygen atoms in total. The SMILES string of the molecule is O=C(NCCc1ccc(CN2CC=CC2)c(Br)c1)c1ccc(-c2ccc(Cl)cc2)cc1. The molecule has 1 aliphatic rings. The van der Waals surface area contributed by atoms with E-state index >= 15 is 0 Å². The molecule has 1 heterocycles. The van der Waals surface area contributed by atoms with Crippen molar-refractivity contribution < 1.29 is 4.79 Å². The van der Waals surface area contributed by atoms with E-state index in [9.17, 15) is 4.79 Å². The lowest BCUT2D eigenvalue weighted by Gasteiger charge is -2.16. The van der Waals surface area contributed by atoms with E-state index in [0.717, 1.165) is 41.7 Å². The Morgan fingerprint density at radius 1 is 0.935 bits per heavy atom. The van der Waals surface area contributed by atoms with Crippen LogP contribution in [0.5, 0.6) is 0 Å². The molecule has 0 aromatic heterocycles. The third kappa shape index (κ3) is 5.85. The van der Waals surface area contributed by atoms with Gasteiger partial charge in [-0.1, -0.05) is 76.1 Å². The maximum absolute atomic E-state index is 12.5. The quantitative estimate of drug-likeness (QED) is 0.401. The van der Waals surface area contributed by atoms with Crippen LogP contribution < -0.4 is 5.32 Å². The molecule has 1 aliphatic heterocycles. The van der Waals surface area contributed by atoms with Gasteiger partial charge in [0.05, 0.1) is 0 Å². The Labute approximate surface area is 196 Å². The molecule has 3 aromatic rings. The average molecular weight is 496 g/mol. The highest BCUT2D eigenvalue weighted by molar-refractivity contribution is 9.10. The standard InChI is InChI=1S/C26H24BrClN2O/c27-25-17-19(3-4-23(25)18-30-15-1-2-16-30)13-14-29-26(31)22-7-5-20(6-8-22)21-9-11-24(28)12-10-21/h1-12,17H,13-16,18H2,(H,29,31). The predicted octanol–water partition coefficient (Wildman–Crippen LogP) is 6.11. The smallest absolute Gasteiger partial charge is 0.251 e. The Morgan fingerprint density at radius 3 is 2.23 bits per heavy atom. The molecule has 0 saturated carbocycles. The number of amides is 1. The fraction of sp³-hybridized carbons (Fsp3) is 0.192. The molecule has 1 N–H and O–H groups in total. The predicted molar refractivity (Wildman–Crippen MR) is 131 cm³/mol. The van der Waals surface area contributed by atoms with E-state index in [4.69, 9.17) is 11.6 Å². The van der Waals surface area contributed by atoms with E-state index in [0.29, 0.717) is 17.1 Å². The molecule has 0 unspecified atom stereocenters. The number of carbonyl (C=O) groups excluding carboxylic acids is 1. The highest BCUT2D eigenvalue weighted by atomic mass is 79.9. The van der Waals surface area contributed by atoms with Crippen LogP contribution in [0.15, 0.2) is 83.4 Å². The van der Waals surface area contributed by atoms with Crippen LogP contribution >= 0.6 is 27.5 Å². The second kappa shape index (κ2) is 10.3. The van der Waals surface area contributed by atoms with Gasteiger partial charge in [0.15, 0.2) is 0 Å². The van der Waals surface area contributed by atoms with Gasteiger partial charge in [-0.25, -0.2) is 0 Å². The van der Waals surface area contributed by atoms with Crippen LogP contribution in [0, 0.1) is 0 Å². The Kier molecular flexibility index (Phi) is 7.23. The summed E-state index contributed by atoms with van der Waals surface area (Å²) in [6, 6.07) is 21.8. The lowest BCUT2D eigenvalue weighted by molar-refractivity contribution is 0.0954. The zero-order valence-electron chi connectivity index (χ0n) is 17.2. The summed E-state index contributed by atoms with van der Waals surface area (Å²) in [5.74, 6) is -0.0557. The molecule has 0 saturated heterocycles. The lowest BCUT2D eigenvalue weighted by Crippen LogP contribution is -2.25. The van der Waals surface area contributed by atoms with Gasteiger partial charge >= 0.3 is 0 Å². The molecule has 158 valence electrons. The maximum Gasteiger partial charge on any atom is 0.251 e. The number of rotatable bonds is 7. The minimum absolute atomic E-state index is 0.0557. The minimum atomic E-state index is -0.0557. The first-order valence-corrected chi connectivity index (χ1v) is 11.5. The number of carbonyl (C=O) groups is 1. The lowest BCUT2D eigenvalue weighted by atomic mass is 10.0. The van der Waals surface area contributed by atoms with Gasteiger partial charge in [0.25, 0.3) is 5.91 Å². The third-order valence-electron chi connectivity index (χ3n) is 5.43. The van der Waals surface area contributed by atoms with Crippen molar-refractivity contribution >= 4 is 33.4 Å². The van der Waals surface area contributed by atoms with Gasteiger partial charge < -0.3 is 5.32 Å². The normalized spacial score (nSPS) is 13.5. The van der Waals surface area contributed by atoms with Crippen molar-refractivity contribution in [1.82, 2.24) is 10.2 Å². The van der Waals surface area contributed by atoms with E-state index in [-0.39, 0.29) is 5.91 Å².